The molecule has 0 aromatic heterocycles. The maximum absolute atomic E-state index is 8.71. The molecular formula is C24H46N20O8. The number of nitrogens with zero attached hydrogens (tertiary/aromatic N) is 10. The van der Waals surface area contributed by atoms with Crippen LogP contribution >= 0.6 is 0 Å². The molecule has 0 saturated carbocycles. The molecule has 0 bridgehead atoms. The van der Waals surface area contributed by atoms with Crippen molar-refractivity contribution in [2.24, 2.45) is 36.4 Å². The van der Waals surface area contributed by atoms with E-state index < -0.39 is 0 Å². The molecule has 0 heterocycles. The number of carbonyl (C=O) groups is 1. The molecule has 0 aliphatic heterocycles. The lowest BCUT2D eigenvalue weighted by atomic mass is 10.7. The third-order valence-corrected chi connectivity index (χ3v) is 3.74. The fourth-order valence-corrected chi connectivity index (χ4v) is 2.02. The molecule has 18 N–H and O–H groups in total. The molecule has 0 saturated heterocycles. The van der Waals surface area contributed by atoms with Crippen LogP contribution in [0.4, 0.5) is 0 Å². The number of guanidine groups is 5. The molecule has 0 atom stereocenters. The lowest BCUT2D eigenvalue weighted by molar-refractivity contribution is -0.0980. The fraction of sp³-hybridized carbons (Fsp3) is 0.542. The number of hydrogen-bond acceptors (Lipinski definition) is 18. The summed E-state index contributed by atoms with van der Waals surface area (Å²) in [5, 5.41) is 112. The molecule has 0 aromatic carbocycles. The van der Waals surface area contributed by atoms with Gasteiger partial charge < -0.3 is 94.2 Å². The Kier molecular flexibility index (Phi) is 53.6. The van der Waals surface area contributed by atoms with E-state index in [2.05, 4.69) is 67.5 Å². The molecule has 0 unspecified atom stereocenters. The third kappa shape index (κ3) is 50.1. The summed E-state index contributed by atoms with van der Waals surface area (Å²) in [4.78, 5) is 26.1. The number of nitrogens with two attached hydrogens (primary N) is 2. The molecule has 0 radical (unpaired) electrons. The van der Waals surface area contributed by atoms with E-state index in [0.29, 0.717) is 0 Å². The zero-order chi connectivity index (χ0) is 40.5. The van der Waals surface area contributed by atoms with Crippen molar-refractivity contribution in [3.8, 4) is 30.3 Å². The molecule has 0 aliphatic carbocycles. The van der Waals surface area contributed by atoms with Gasteiger partial charge in [-0.1, -0.05) is 0 Å². The Morgan fingerprint density at radius 2 is 0.788 bits per heavy atom. The summed E-state index contributed by atoms with van der Waals surface area (Å²) in [5.41, 5.74) is 9.71. The van der Waals surface area contributed by atoms with Gasteiger partial charge in [0.2, 0.25) is 0 Å². The van der Waals surface area contributed by atoms with Crippen LogP contribution in [0.1, 0.15) is 0 Å². The van der Waals surface area contributed by atoms with E-state index in [0.717, 1.165) is 0 Å². The molecule has 28 nitrogen and oxygen atoms in total. The minimum absolute atomic E-state index is 0.0344. The molecule has 0 spiro atoms. The van der Waals surface area contributed by atoms with Crippen molar-refractivity contribution in [1.29, 1.82) is 26.3 Å². The summed E-state index contributed by atoms with van der Waals surface area (Å²) in [6.45, 7) is 0.106. The van der Waals surface area contributed by atoms with Gasteiger partial charge in [-0.3, -0.25) is 0 Å². The van der Waals surface area contributed by atoms with Crippen molar-refractivity contribution in [2.75, 3.05) is 86.6 Å². The number of nitrogens with one attached hydrogen (secondary N) is 8. The minimum atomic E-state index is -0.388. The van der Waals surface area contributed by atoms with Gasteiger partial charge in [0.1, 0.15) is 93.4 Å². The van der Waals surface area contributed by atoms with Gasteiger partial charge in [0, 0.05) is 0 Å². The van der Waals surface area contributed by atoms with Crippen LogP contribution in [0.2, 0.25) is 0 Å². The second kappa shape index (κ2) is 51.0. The Bertz CT molecular complexity index is 1130. The van der Waals surface area contributed by atoms with Crippen LogP contribution in [0.25, 0.3) is 0 Å². The molecule has 0 rings (SSSR count). The molecule has 52 heavy (non-hydrogen) atoms. The molecule has 0 fully saturated rings. The monoisotopic (exact) mass is 742 g/mol. The zero-order valence-electron chi connectivity index (χ0n) is 28.0. The van der Waals surface area contributed by atoms with E-state index in [4.69, 9.17) is 77.9 Å². The number of aliphatic imine (C=N–C) groups is 5. The normalized spacial score (nSPS) is 9.94. The average molecular weight is 743 g/mol. The Labute approximate surface area is 299 Å². The standard InChI is InChI=1S/C10H18N8O3.2C5H10N4O2.C3H6N4.CH2O/c11-1-3-13-9(15-5-19)17-7-21-8-18-10(16-6-20)14-4-2-12;2*6-1-2-7-5(8-3-10)9-4-11;4-1-2-7-3(5)6;1-2/h19-20H,3-8H2,(H2,13,15,17)(H2,14,16,18);2*10-11H,2-4H2,(H2,7,8,9);2H2,(H4,5,6,7);1H2. The Morgan fingerprint density at radius 3 is 0.981 bits per heavy atom. The Hall–Kier alpha value is -6.81. The topological polar surface area (TPSA) is 477 Å². The predicted molar refractivity (Wildman–Crippen MR) is 183 cm³/mol. The van der Waals surface area contributed by atoms with Crippen molar-refractivity contribution in [2.45, 2.75) is 0 Å². The first-order valence-electron chi connectivity index (χ1n) is 13.8. The van der Waals surface area contributed by atoms with Crippen LogP contribution in [0.3, 0.4) is 0 Å². The van der Waals surface area contributed by atoms with Gasteiger partial charge in [-0.05, 0) is 0 Å². The van der Waals surface area contributed by atoms with Gasteiger partial charge >= 0.3 is 0 Å². The van der Waals surface area contributed by atoms with Crippen molar-refractivity contribution < 1.29 is 40.2 Å². The second-order valence-electron chi connectivity index (χ2n) is 7.06. The Balaban J connectivity index is -0.000000202. The van der Waals surface area contributed by atoms with Crippen LogP contribution in [0.5, 0.6) is 0 Å². The largest absolute Gasteiger partial charge is 0.376 e. The lowest BCUT2D eigenvalue weighted by Gasteiger charge is -2.08. The van der Waals surface area contributed by atoms with E-state index >= 15 is 0 Å². The highest BCUT2D eigenvalue weighted by Crippen LogP contribution is 1.80. The first kappa shape index (κ1) is 54.6. The summed E-state index contributed by atoms with van der Waals surface area (Å²) >= 11 is 0. The van der Waals surface area contributed by atoms with Crippen molar-refractivity contribution in [3.63, 3.8) is 0 Å². The minimum Gasteiger partial charge on any atom is -0.376 e. The Morgan fingerprint density at radius 1 is 0.500 bits per heavy atom. The van der Waals surface area contributed by atoms with Gasteiger partial charge in [0.25, 0.3) is 0 Å². The van der Waals surface area contributed by atoms with Gasteiger partial charge in [0.15, 0.2) is 29.8 Å². The number of aliphatic hydroxyl groups excluding tert-OH is 6. The van der Waals surface area contributed by atoms with Crippen LogP contribution in [0.15, 0.2) is 25.0 Å². The van der Waals surface area contributed by atoms with Crippen LogP contribution in [0, 0.1) is 56.7 Å². The van der Waals surface area contributed by atoms with Crippen LogP contribution in [-0.2, 0) is 9.53 Å². The summed E-state index contributed by atoms with van der Waals surface area (Å²) in [7, 11) is 0. The molecule has 28 heteroatoms. The number of carbonyl (C=O) groups excluding carboxylic acids is 1. The SMILES string of the molecule is C=O.N#CCN=C(N)N.N#CCNC(=NCO)NCO.N#CCNC(=NCO)NCO.N#CCNC(=NCOCN=C(NCO)NCC#N)NCO. The first-order chi connectivity index (χ1) is 25.2. The third-order valence-electron chi connectivity index (χ3n) is 3.74. The number of rotatable bonds is 15. The maximum Gasteiger partial charge on any atom is 0.196 e. The number of aliphatic hydroxyl groups is 6. The summed E-state index contributed by atoms with van der Waals surface area (Å²) in [5.74, 6) is 0.813. The molecule has 0 aromatic rings. The highest BCUT2D eigenvalue weighted by Gasteiger charge is 1.97. The fourth-order valence-electron chi connectivity index (χ4n) is 2.02. The van der Waals surface area contributed by atoms with E-state index in [1.807, 2.05) is 31.1 Å². The van der Waals surface area contributed by atoms with E-state index in [-0.39, 0.29) is 116 Å². The highest BCUT2D eigenvalue weighted by molar-refractivity contribution is 5.81. The lowest BCUT2D eigenvalue weighted by Crippen LogP contribution is -2.38. The summed E-state index contributed by atoms with van der Waals surface area (Å²) < 4.78 is 5.08. The van der Waals surface area contributed by atoms with Crippen molar-refractivity contribution in [3.05, 3.63) is 0 Å². The molecular weight excluding hydrogens is 696 g/mol. The molecule has 0 aliphatic rings. The second-order valence-corrected chi connectivity index (χ2v) is 7.06. The number of nitriles is 5. The van der Waals surface area contributed by atoms with Crippen LogP contribution in [-0.4, -0.2) is 154 Å². The van der Waals surface area contributed by atoms with Gasteiger partial charge in [-0.2, -0.15) is 26.3 Å². The van der Waals surface area contributed by atoms with E-state index in [1.54, 1.807) is 6.07 Å². The first-order valence-corrected chi connectivity index (χ1v) is 13.8. The molecule has 0 amide bonds. The van der Waals surface area contributed by atoms with E-state index in [1.165, 1.54) is 0 Å². The zero-order valence-corrected chi connectivity index (χ0v) is 28.0. The number of ether oxygens (including phenoxy) is 1. The molecule has 290 valence electrons. The van der Waals surface area contributed by atoms with Crippen molar-refractivity contribution >= 4 is 36.6 Å². The maximum atomic E-state index is 8.71. The number of hydrogen-bond donors (Lipinski definition) is 16. The van der Waals surface area contributed by atoms with Gasteiger partial charge in [-0.15, -0.1) is 0 Å². The van der Waals surface area contributed by atoms with E-state index in [9.17, 15) is 0 Å². The smallest absolute Gasteiger partial charge is 0.196 e. The predicted octanol–water partition coefficient (Wildman–Crippen LogP) is -8.58. The van der Waals surface area contributed by atoms with Crippen molar-refractivity contribution in [1.82, 2.24) is 42.5 Å². The van der Waals surface area contributed by atoms with Crippen LogP contribution < -0.4 is 54.0 Å². The van der Waals surface area contributed by atoms with Gasteiger partial charge in [-0.25, -0.2) is 25.0 Å². The van der Waals surface area contributed by atoms with Gasteiger partial charge in [0.05, 0.1) is 30.3 Å². The summed E-state index contributed by atoms with van der Waals surface area (Å²) in [6, 6.07) is 9.12. The quantitative estimate of drug-likeness (QED) is 0.0243. The average Bonchev–Trinajstić information content (AvgIpc) is 3.15. The summed E-state index contributed by atoms with van der Waals surface area (Å²) in [6.07, 6.45) is 0. The highest BCUT2D eigenvalue weighted by atomic mass is 16.5.